The second kappa shape index (κ2) is 5.75. The van der Waals surface area contributed by atoms with Crippen molar-refractivity contribution < 1.29 is 18.7 Å². The first kappa shape index (κ1) is 13.6. The van der Waals surface area contributed by atoms with Crippen LogP contribution in [0.25, 0.3) is 0 Å². The van der Waals surface area contributed by atoms with Crippen LogP contribution in [0.3, 0.4) is 0 Å². The van der Waals surface area contributed by atoms with Gasteiger partial charge in [0.1, 0.15) is 11.6 Å². The maximum atomic E-state index is 13.5. The Morgan fingerprint density at radius 3 is 2.59 bits per heavy atom. The van der Waals surface area contributed by atoms with Crippen molar-refractivity contribution in [3.63, 3.8) is 0 Å². The third-order valence-corrected chi connectivity index (χ3v) is 2.76. The van der Waals surface area contributed by atoms with Crippen LogP contribution in [0.15, 0.2) is 12.1 Å². The van der Waals surface area contributed by atoms with Crippen molar-refractivity contribution in [1.82, 2.24) is 0 Å². The lowest BCUT2D eigenvalue weighted by molar-refractivity contribution is -0.138. The number of halogens is 2. The second-order valence-corrected chi connectivity index (χ2v) is 4.43. The third kappa shape index (κ3) is 4.13. The highest BCUT2D eigenvalue weighted by atomic mass is 19.1. The number of rotatable bonds is 5. The Bertz CT molecular complexity index is 416. The topological polar surface area (TPSA) is 37.3 Å². The second-order valence-electron chi connectivity index (χ2n) is 4.43. The lowest BCUT2D eigenvalue weighted by Crippen LogP contribution is -2.06. The minimum absolute atomic E-state index is 0.0451. The van der Waals surface area contributed by atoms with E-state index < -0.39 is 17.6 Å². The molecule has 0 heterocycles. The number of aliphatic carboxylic acids is 1. The van der Waals surface area contributed by atoms with Gasteiger partial charge in [0.2, 0.25) is 0 Å². The molecule has 1 N–H and O–H groups in total. The summed E-state index contributed by atoms with van der Waals surface area (Å²) in [5.74, 6) is -1.76. The highest BCUT2D eigenvalue weighted by Gasteiger charge is 2.11. The molecule has 1 atom stereocenters. The molecule has 0 amide bonds. The third-order valence-electron chi connectivity index (χ3n) is 2.76. The van der Waals surface area contributed by atoms with Crippen molar-refractivity contribution in [2.45, 2.75) is 33.1 Å². The first-order valence-electron chi connectivity index (χ1n) is 5.56. The fourth-order valence-electron chi connectivity index (χ4n) is 1.68. The van der Waals surface area contributed by atoms with Crippen molar-refractivity contribution in [1.29, 1.82) is 0 Å². The molecule has 94 valence electrons. The van der Waals surface area contributed by atoms with Gasteiger partial charge in [-0.15, -0.1) is 0 Å². The minimum Gasteiger partial charge on any atom is -0.481 e. The largest absolute Gasteiger partial charge is 0.481 e. The Balaban J connectivity index is 2.63. The lowest BCUT2D eigenvalue weighted by Gasteiger charge is -2.09. The number of hydrogen-bond acceptors (Lipinski definition) is 1. The summed E-state index contributed by atoms with van der Waals surface area (Å²) in [6.07, 6.45) is 0.944. The molecule has 1 rings (SSSR count). The van der Waals surface area contributed by atoms with Gasteiger partial charge < -0.3 is 5.11 Å². The van der Waals surface area contributed by atoms with E-state index in [1.165, 1.54) is 19.1 Å². The molecule has 0 saturated carbocycles. The fraction of sp³-hybridized carbons (Fsp3) is 0.462. The molecule has 0 bridgehead atoms. The van der Waals surface area contributed by atoms with E-state index in [4.69, 9.17) is 5.11 Å². The smallest absolute Gasteiger partial charge is 0.303 e. The van der Waals surface area contributed by atoms with Gasteiger partial charge >= 0.3 is 5.97 Å². The van der Waals surface area contributed by atoms with Crippen molar-refractivity contribution in [3.05, 3.63) is 34.9 Å². The van der Waals surface area contributed by atoms with E-state index in [0.717, 1.165) is 0 Å². The van der Waals surface area contributed by atoms with Crippen LogP contribution in [0.4, 0.5) is 8.78 Å². The van der Waals surface area contributed by atoms with Gasteiger partial charge in [0.15, 0.2) is 0 Å². The molecule has 0 saturated heterocycles. The first-order valence-corrected chi connectivity index (χ1v) is 5.56. The van der Waals surface area contributed by atoms with E-state index in [1.54, 1.807) is 6.92 Å². The van der Waals surface area contributed by atoms with E-state index in [-0.39, 0.29) is 17.9 Å². The molecule has 0 fully saturated rings. The zero-order valence-corrected chi connectivity index (χ0v) is 9.96. The molecule has 0 radical (unpaired) electrons. The van der Waals surface area contributed by atoms with Crippen LogP contribution in [0, 0.1) is 24.5 Å². The van der Waals surface area contributed by atoms with Gasteiger partial charge in [0, 0.05) is 6.42 Å². The van der Waals surface area contributed by atoms with E-state index >= 15 is 0 Å². The summed E-state index contributed by atoms with van der Waals surface area (Å²) >= 11 is 0. The molecule has 17 heavy (non-hydrogen) atoms. The van der Waals surface area contributed by atoms with Crippen molar-refractivity contribution in [2.24, 2.45) is 5.92 Å². The Hall–Kier alpha value is -1.45. The van der Waals surface area contributed by atoms with Gasteiger partial charge in [-0.2, -0.15) is 0 Å². The standard InChI is InChI=1S/C13H16F2O2/c1-8(5-13(16)17)3-4-10-7-11(14)9(2)6-12(10)15/h6-8H,3-5H2,1-2H3,(H,16,17). The van der Waals surface area contributed by atoms with Crippen molar-refractivity contribution in [2.75, 3.05) is 0 Å². The summed E-state index contributed by atoms with van der Waals surface area (Å²) < 4.78 is 26.7. The van der Waals surface area contributed by atoms with Gasteiger partial charge in [-0.1, -0.05) is 6.92 Å². The summed E-state index contributed by atoms with van der Waals surface area (Å²) in [7, 11) is 0. The number of carboxylic acids is 1. The Labute approximate surface area is 99.3 Å². The molecule has 0 aliphatic carbocycles. The number of benzene rings is 1. The highest BCUT2D eigenvalue weighted by Crippen LogP contribution is 2.18. The Morgan fingerprint density at radius 1 is 1.35 bits per heavy atom. The molecular formula is C13H16F2O2. The molecule has 4 heteroatoms. The number of carboxylic acid groups (broad SMARTS) is 1. The first-order chi connectivity index (χ1) is 7.90. The molecule has 1 aromatic carbocycles. The predicted molar refractivity (Wildman–Crippen MR) is 60.8 cm³/mol. The van der Waals surface area contributed by atoms with Crippen molar-refractivity contribution in [3.8, 4) is 0 Å². The molecule has 1 unspecified atom stereocenters. The summed E-state index contributed by atoms with van der Waals surface area (Å²) in [6.45, 7) is 3.30. The number of hydrogen-bond donors (Lipinski definition) is 1. The normalized spacial score (nSPS) is 12.5. The maximum Gasteiger partial charge on any atom is 0.303 e. The summed E-state index contributed by atoms with van der Waals surface area (Å²) in [6, 6.07) is 2.37. The van der Waals surface area contributed by atoms with E-state index in [1.807, 2.05) is 0 Å². The summed E-state index contributed by atoms with van der Waals surface area (Å²) in [5.41, 5.74) is 0.593. The van der Waals surface area contributed by atoms with Gasteiger partial charge in [-0.05, 0) is 48.9 Å². The molecule has 2 nitrogen and oxygen atoms in total. The summed E-state index contributed by atoms with van der Waals surface area (Å²) in [4.78, 5) is 10.5. The van der Waals surface area contributed by atoms with Crippen LogP contribution >= 0.6 is 0 Å². The van der Waals surface area contributed by atoms with E-state index in [9.17, 15) is 13.6 Å². The average molecular weight is 242 g/mol. The summed E-state index contributed by atoms with van der Waals surface area (Å²) in [5, 5.41) is 8.58. The van der Waals surface area contributed by atoms with Crippen molar-refractivity contribution >= 4 is 5.97 Å². The van der Waals surface area contributed by atoms with E-state index in [2.05, 4.69) is 0 Å². The Morgan fingerprint density at radius 2 is 2.00 bits per heavy atom. The van der Waals surface area contributed by atoms with Gasteiger partial charge in [-0.3, -0.25) is 4.79 Å². The lowest BCUT2D eigenvalue weighted by atomic mass is 9.97. The van der Waals surface area contributed by atoms with Crippen LogP contribution < -0.4 is 0 Å². The number of carbonyl (C=O) groups is 1. The number of aryl methyl sites for hydroxylation is 2. The van der Waals surface area contributed by atoms with Gasteiger partial charge in [0.05, 0.1) is 0 Å². The van der Waals surface area contributed by atoms with Crippen LogP contribution in [0.2, 0.25) is 0 Å². The zero-order chi connectivity index (χ0) is 13.0. The average Bonchev–Trinajstić information content (AvgIpc) is 2.20. The highest BCUT2D eigenvalue weighted by molar-refractivity contribution is 5.66. The maximum absolute atomic E-state index is 13.5. The fourth-order valence-corrected chi connectivity index (χ4v) is 1.68. The molecule has 0 aliphatic rings. The minimum atomic E-state index is -0.868. The monoisotopic (exact) mass is 242 g/mol. The van der Waals surface area contributed by atoms with Gasteiger partial charge in [0.25, 0.3) is 0 Å². The zero-order valence-electron chi connectivity index (χ0n) is 9.96. The van der Waals surface area contributed by atoms with Crippen LogP contribution in [0.1, 0.15) is 30.9 Å². The van der Waals surface area contributed by atoms with Crippen LogP contribution in [-0.2, 0) is 11.2 Å². The predicted octanol–water partition coefficient (Wildman–Crippen LogP) is 3.32. The quantitative estimate of drug-likeness (QED) is 0.860. The molecule has 0 aliphatic heterocycles. The molecule has 1 aromatic rings. The van der Waals surface area contributed by atoms with Crippen LogP contribution in [0.5, 0.6) is 0 Å². The molecule has 0 spiro atoms. The Kier molecular flexibility index (Phi) is 4.61. The van der Waals surface area contributed by atoms with Crippen LogP contribution in [-0.4, -0.2) is 11.1 Å². The SMILES string of the molecule is Cc1cc(F)c(CCC(C)CC(=O)O)cc1F. The molecular weight excluding hydrogens is 226 g/mol. The van der Waals surface area contributed by atoms with Gasteiger partial charge in [-0.25, -0.2) is 8.78 Å². The van der Waals surface area contributed by atoms with E-state index in [0.29, 0.717) is 18.4 Å². The molecule has 0 aromatic heterocycles.